The minimum absolute atomic E-state index is 0.106. The molecule has 162 valence electrons. The van der Waals surface area contributed by atoms with Crippen LogP contribution in [-0.2, 0) is 14.3 Å². The van der Waals surface area contributed by atoms with Crippen LogP contribution >= 0.6 is 12.2 Å². The van der Waals surface area contributed by atoms with Crippen molar-refractivity contribution in [3.05, 3.63) is 60.2 Å². The van der Waals surface area contributed by atoms with Gasteiger partial charge in [-0.25, -0.2) is 0 Å². The molecule has 0 radical (unpaired) electrons. The second-order valence-corrected chi connectivity index (χ2v) is 7.83. The Morgan fingerprint density at radius 1 is 1.13 bits per heavy atom. The standard InChI is InChI=1S/C23H25N3O4S/c1-15(2)30-20(27)14-19-22(29)24-12-13-26(19)23(31)25-21(28)18-10-8-17(9-11-18)16-6-4-3-5-7-16/h3-11,15,19H,12-14H2,1-2H3,(H,24,29)(H,25,28,31)/t19-/m1/s1. The molecule has 2 N–H and O–H groups in total. The molecule has 0 aromatic heterocycles. The van der Waals surface area contributed by atoms with E-state index >= 15 is 0 Å². The van der Waals surface area contributed by atoms with Crippen molar-refractivity contribution in [2.75, 3.05) is 13.1 Å². The number of benzene rings is 2. The Hall–Kier alpha value is -3.26. The average molecular weight is 440 g/mol. The molecule has 0 bridgehead atoms. The van der Waals surface area contributed by atoms with E-state index in [1.165, 1.54) is 0 Å². The van der Waals surface area contributed by atoms with Gasteiger partial charge in [0.15, 0.2) is 5.11 Å². The highest BCUT2D eigenvalue weighted by molar-refractivity contribution is 7.80. The van der Waals surface area contributed by atoms with Crippen molar-refractivity contribution >= 4 is 35.1 Å². The van der Waals surface area contributed by atoms with Crippen LogP contribution in [0.1, 0.15) is 30.6 Å². The number of esters is 1. The summed E-state index contributed by atoms with van der Waals surface area (Å²) in [4.78, 5) is 38.6. The van der Waals surface area contributed by atoms with E-state index in [2.05, 4.69) is 10.6 Å². The SMILES string of the molecule is CC(C)OC(=O)C[C@@H]1C(=O)NCCN1C(=S)NC(=O)c1ccc(-c2ccccc2)cc1. The number of ether oxygens (including phenoxy) is 1. The second-order valence-electron chi connectivity index (χ2n) is 7.45. The minimum atomic E-state index is -0.826. The fraction of sp³-hybridized carbons (Fsp3) is 0.304. The topological polar surface area (TPSA) is 87.7 Å². The predicted octanol–water partition coefficient (Wildman–Crippen LogP) is 2.51. The van der Waals surface area contributed by atoms with E-state index in [1.54, 1.807) is 30.9 Å². The number of nitrogens with one attached hydrogen (secondary N) is 2. The highest BCUT2D eigenvalue weighted by Gasteiger charge is 2.34. The maximum atomic E-state index is 12.7. The highest BCUT2D eigenvalue weighted by atomic mass is 32.1. The molecule has 1 aliphatic rings. The molecule has 3 rings (SSSR count). The Bertz CT molecular complexity index is 961. The van der Waals surface area contributed by atoms with Gasteiger partial charge in [0.2, 0.25) is 5.91 Å². The quantitative estimate of drug-likeness (QED) is 0.550. The molecule has 1 fully saturated rings. The normalized spacial score (nSPS) is 15.9. The Labute approximate surface area is 186 Å². The number of amides is 2. The third-order valence-electron chi connectivity index (χ3n) is 4.79. The summed E-state index contributed by atoms with van der Waals surface area (Å²) >= 11 is 5.39. The molecule has 1 heterocycles. The van der Waals surface area contributed by atoms with Gasteiger partial charge in [-0.3, -0.25) is 19.7 Å². The van der Waals surface area contributed by atoms with Crippen molar-refractivity contribution in [3.8, 4) is 11.1 Å². The number of piperazine rings is 1. The Kier molecular flexibility index (Phi) is 7.36. The summed E-state index contributed by atoms with van der Waals surface area (Å²) in [6.45, 7) is 4.24. The van der Waals surface area contributed by atoms with Gasteiger partial charge in [-0.2, -0.15) is 0 Å². The average Bonchev–Trinajstić information content (AvgIpc) is 2.75. The number of carbonyl (C=O) groups excluding carboxylic acids is 3. The Morgan fingerprint density at radius 2 is 1.77 bits per heavy atom. The Balaban J connectivity index is 1.66. The summed E-state index contributed by atoms with van der Waals surface area (Å²) in [5, 5.41) is 5.50. The van der Waals surface area contributed by atoms with Crippen LogP contribution < -0.4 is 10.6 Å². The molecule has 7 nitrogen and oxygen atoms in total. The van der Waals surface area contributed by atoms with Crippen molar-refractivity contribution in [3.63, 3.8) is 0 Å². The third kappa shape index (κ3) is 5.88. The largest absolute Gasteiger partial charge is 0.463 e. The van der Waals surface area contributed by atoms with Gasteiger partial charge in [-0.1, -0.05) is 42.5 Å². The van der Waals surface area contributed by atoms with Gasteiger partial charge in [-0.05, 0) is 49.3 Å². The zero-order chi connectivity index (χ0) is 22.4. The van der Waals surface area contributed by atoms with E-state index in [4.69, 9.17) is 17.0 Å². The lowest BCUT2D eigenvalue weighted by Crippen LogP contribution is -2.60. The molecule has 0 aliphatic carbocycles. The maximum absolute atomic E-state index is 12.7. The molecule has 1 aliphatic heterocycles. The second kappa shape index (κ2) is 10.2. The first-order valence-electron chi connectivity index (χ1n) is 10.1. The fourth-order valence-corrected chi connectivity index (χ4v) is 3.63. The summed E-state index contributed by atoms with van der Waals surface area (Å²) in [7, 11) is 0. The molecule has 1 saturated heterocycles. The van der Waals surface area contributed by atoms with Crippen LogP contribution in [0.3, 0.4) is 0 Å². The molecule has 0 unspecified atom stereocenters. The zero-order valence-electron chi connectivity index (χ0n) is 17.5. The summed E-state index contributed by atoms with van der Waals surface area (Å²) in [6, 6.07) is 16.2. The van der Waals surface area contributed by atoms with Gasteiger partial charge >= 0.3 is 5.97 Å². The van der Waals surface area contributed by atoms with E-state index in [0.29, 0.717) is 18.7 Å². The first-order chi connectivity index (χ1) is 14.8. The van der Waals surface area contributed by atoms with Crippen molar-refractivity contribution in [1.82, 2.24) is 15.5 Å². The van der Waals surface area contributed by atoms with Crippen LogP contribution in [-0.4, -0.2) is 53.0 Å². The number of carbonyl (C=O) groups is 3. The molecule has 0 spiro atoms. The van der Waals surface area contributed by atoms with Gasteiger partial charge in [0.25, 0.3) is 5.91 Å². The van der Waals surface area contributed by atoms with Crippen molar-refractivity contribution < 1.29 is 19.1 Å². The van der Waals surface area contributed by atoms with E-state index in [9.17, 15) is 14.4 Å². The molecule has 2 aromatic rings. The van der Waals surface area contributed by atoms with Gasteiger partial charge in [0.05, 0.1) is 12.5 Å². The molecule has 1 atom stereocenters. The third-order valence-corrected chi connectivity index (χ3v) is 5.13. The van der Waals surface area contributed by atoms with Gasteiger partial charge in [-0.15, -0.1) is 0 Å². The summed E-state index contributed by atoms with van der Waals surface area (Å²) in [5.41, 5.74) is 2.50. The molecule has 0 saturated carbocycles. The number of hydrogen-bond acceptors (Lipinski definition) is 5. The van der Waals surface area contributed by atoms with Gasteiger partial charge in [0.1, 0.15) is 6.04 Å². The number of nitrogens with zero attached hydrogens (tertiary/aromatic N) is 1. The highest BCUT2D eigenvalue weighted by Crippen LogP contribution is 2.19. The lowest BCUT2D eigenvalue weighted by Gasteiger charge is -2.36. The summed E-state index contributed by atoms with van der Waals surface area (Å²) in [6.07, 6.45) is -0.427. The molecular formula is C23H25N3O4S. The number of hydrogen-bond donors (Lipinski definition) is 2. The van der Waals surface area contributed by atoms with E-state index in [1.807, 2.05) is 42.5 Å². The number of thiocarbonyl (C=S) groups is 1. The molecule has 2 aromatic carbocycles. The first-order valence-corrected chi connectivity index (χ1v) is 10.5. The zero-order valence-corrected chi connectivity index (χ0v) is 18.3. The van der Waals surface area contributed by atoms with Crippen molar-refractivity contribution in [2.45, 2.75) is 32.4 Å². The Morgan fingerprint density at radius 3 is 2.42 bits per heavy atom. The smallest absolute Gasteiger partial charge is 0.308 e. The van der Waals surface area contributed by atoms with Crippen LogP contribution in [0.25, 0.3) is 11.1 Å². The van der Waals surface area contributed by atoms with Crippen LogP contribution in [0.15, 0.2) is 54.6 Å². The van der Waals surface area contributed by atoms with Crippen molar-refractivity contribution in [2.24, 2.45) is 0 Å². The number of rotatable bonds is 5. The van der Waals surface area contributed by atoms with E-state index in [-0.39, 0.29) is 29.5 Å². The minimum Gasteiger partial charge on any atom is -0.463 e. The monoisotopic (exact) mass is 439 g/mol. The molecule has 2 amide bonds. The lowest BCUT2D eigenvalue weighted by atomic mass is 10.0. The fourth-order valence-electron chi connectivity index (χ4n) is 3.32. The van der Waals surface area contributed by atoms with Crippen LogP contribution in [0.4, 0.5) is 0 Å². The van der Waals surface area contributed by atoms with E-state index < -0.39 is 12.0 Å². The van der Waals surface area contributed by atoms with E-state index in [0.717, 1.165) is 11.1 Å². The summed E-state index contributed by atoms with van der Waals surface area (Å²) in [5.74, 6) is -1.19. The van der Waals surface area contributed by atoms with Crippen LogP contribution in [0.5, 0.6) is 0 Å². The van der Waals surface area contributed by atoms with Crippen LogP contribution in [0, 0.1) is 0 Å². The summed E-state index contributed by atoms with van der Waals surface area (Å²) < 4.78 is 5.15. The van der Waals surface area contributed by atoms with Gasteiger partial charge in [0, 0.05) is 18.7 Å². The molecule has 31 heavy (non-hydrogen) atoms. The van der Waals surface area contributed by atoms with Crippen LogP contribution in [0.2, 0.25) is 0 Å². The van der Waals surface area contributed by atoms with Gasteiger partial charge < -0.3 is 15.0 Å². The first kappa shape index (κ1) is 22.4. The van der Waals surface area contributed by atoms with Crippen molar-refractivity contribution in [1.29, 1.82) is 0 Å². The lowest BCUT2D eigenvalue weighted by molar-refractivity contribution is -0.150. The molecule has 8 heteroatoms. The molecular weight excluding hydrogens is 414 g/mol. The predicted molar refractivity (Wildman–Crippen MR) is 121 cm³/mol. The maximum Gasteiger partial charge on any atom is 0.308 e.